The van der Waals surface area contributed by atoms with Crippen molar-refractivity contribution in [1.29, 1.82) is 0 Å². The van der Waals surface area contributed by atoms with E-state index in [1.165, 1.54) is 0 Å². The van der Waals surface area contributed by atoms with Gasteiger partial charge in [0.05, 0.1) is 6.21 Å². The summed E-state index contributed by atoms with van der Waals surface area (Å²) < 4.78 is 0. The van der Waals surface area contributed by atoms with Crippen molar-refractivity contribution >= 4 is 11.8 Å². The van der Waals surface area contributed by atoms with Crippen LogP contribution < -0.4 is 5.43 Å². The van der Waals surface area contributed by atoms with E-state index in [2.05, 4.69) is 31.0 Å². The van der Waals surface area contributed by atoms with Gasteiger partial charge in [0, 0.05) is 11.3 Å². The maximum Gasteiger partial charge on any atom is 0.119 e. The normalized spacial score (nSPS) is 14.8. The highest BCUT2D eigenvalue weighted by Crippen LogP contribution is 2.29. The average molecular weight is 228 g/mol. The quantitative estimate of drug-likeness (QED) is 0.817. The average Bonchev–Trinajstić information content (AvgIpc) is 2.28. The predicted octanol–water partition coefficient (Wildman–Crippen LogP) is 3.00. The van der Waals surface area contributed by atoms with Crippen molar-refractivity contribution in [2.24, 2.45) is 5.10 Å². The van der Waals surface area contributed by atoms with Crippen molar-refractivity contribution in [2.45, 2.75) is 19.8 Å². The molecule has 0 atom stereocenters. The van der Waals surface area contributed by atoms with Crippen molar-refractivity contribution < 1.29 is 5.11 Å². The summed E-state index contributed by atoms with van der Waals surface area (Å²) >= 11 is 0. The smallest absolute Gasteiger partial charge is 0.119 e. The van der Waals surface area contributed by atoms with Gasteiger partial charge in [-0.15, -0.1) is 0 Å². The van der Waals surface area contributed by atoms with Crippen molar-refractivity contribution in [1.82, 2.24) is 5.43 Å². The molecule has 0 bridgehead atoms. The lowest BCUT2D eigenvalue weighted by Crippen LogP contribution is -2.08. The summed E-state index contributed by atoms with van der Waals surface area (Å²) in [5, 5.41) is 13.9. The van der Waals surface area contributed by atoms with Gasteiger partial charge in [-0.3, -0.25) is 5.43 Å². The maximum absolute atomic E-state index is 9.95. The largest absolute Gasteiger partial charge is 0.508 e. The van der Waals surface area contributed by atoms with Crippen LogP contribution in [0.3, 0.4) is 0 Å². The molecule has 1 aromatic rings. The molecule has 0 saturated carbocycles. The zero-order chi connectivity index (χ0) is 12.4. The molecule has 0 unspecified atom stereocenters. The second-order valence-electron chi connectivity index (χ2n) is 4.42. The van der Waals surface area contributed by atoms with Crippen molar-refractivity contribution in [3.63, 3.8) is 0 Å². The molecule has 3 nitrogen and oxygen atoms in total. The fourth-order valence-corrected chi connectivity index (χ4v) is 1.81. The van der Waals surface area contributed by atoms with Crippen LogP contribution in [0.25, 0.3) is 5.57 Å². The number of hydrogen-bond donors (Lipinski definition) is 2. The fraction of sp³-hybridized carbons (Fsp3) is 0.214. The minimum Gasteiger partial charge on any atom is -0.508 e. The van der Waals surface area contributed by atoms with Crippen molar-refractivity contribution in [3.8, 4) is 5.75 Å². The Hall–Kier alpha value is -2.03. The molecule has 3 heteroatoms. The third kappa shape index (κ3) is 2.38. The molecule has 1 heterocycles. The van der Waals surface area contributed by atoms with E-state index in [9.17, 15) is 5.11 Å². The van der Waals surface area contributed by atoms with Gasteiger partial charge in [-0.1, -0.05) is 32.6 Å². The first kappa shape index (κ1) is 11.5. The van der Waals surface area contributed by atoms with E-state index in [1.54, 1.807) is 12.3 Å². The van der Waals surface area contributed by atoms with Gasteiger partial charge in [-0.05, 0) is 29.2 Å². The monoisotopic (exact) mass is 228 g/mol. The highest BCUT2D eigenvalue weighted by molar-refractivity contribution is 6.11. The molecule has 0 radical (unpaired) electrons. The third-order valence-corrected chi connectivity index (χ3v) is 2.73. The van der Waals surface area contributed by atoms with E-state index in [0.717, 1.165) is 22.4 Å². The van der Waals surface area contributed by atoms with Crippen LogP contribution in [0.1, 0.15) is 30.9 Å². The maximum atomic E-state index is 9.95. The first-order valence-electron chi connectivity index (χ1n) is 5.61. The number of hydrazone groups is 1. The number of nitrogens with one attached hydrogen (secondary N) is 1. The van der Waals surface area contributed by atoms with Crippen LogP contribution in [-0.2, 0) is 0 Å². The van der Waals surface area contributed by atoms with Crippen molar-refractivity contribution in [3.05, 3.63) is 47.7 Å². The Morgan fingerprint density at radius 3 is 2.71 bits per heavy atom. The summed E-state index contributed by atoms with van der Waals surface area (Å²) in [6.07, 6.45) is 3.62. The lowest BCUT2D eigenvalue weighted by Gasteiger charge is -2.13. The summed E-state index contributed by atoms with van der Waals surface area (Å²) in [6, 6.07) is 5.71. The third-order valence-electron chi connectivity index (χ3n) is 2.73. The molecule has 1 aliphatic heterocycles. The molecule has 1 aromatic carbocycles. The molecular formula is C14H16N2O. The first-order chi connectivity index (χ1) is 8.08. The summed E-state index contributed by atoms with van der Waals surface area (Å²) in [7, 11) is 0. The minimum absolute atomic E-state index is 0.315. The SMILES string of the molecule is C=C1C=C(c2ccc(C(C)C)c(O)c2)C=NN1. The molecule has 0 spiro atoms. The lowest BCUT2D eigenvalue weighted by molar-refractivity contribution is 0.464. The van der Waals surface area contributed by atoms with E-state index in [1.807, 2.05) is 18.2 Å². The predicted molar refractivity (Wildman–Crippen MR) is 70.9 cm³/mol. The molecule has 0 amide bonds. The molecule has 0 fully saturated rings. The number of aromatic hydroxyl groups is 1. The number of phenols is 1. The molecular weight excluding hydrogens is 212 g/mol. The number of nitrogens with zero attached hydrogens (tertiary/aromatic N) is 1. The van der Waals surface area contributed by atoms with Crippen molar-refractivity contribution in [2.75, 3.05) is 0 Å². The molecule has 0 aromatic heterocycles. The molecule has 88 valence electrons. The van der Waals surface area contributed by atoms with Crippen LogP contribution in [-0.4, -0.2) is 11.3 Å². The number of allylic oxidation sites excluding steroid dienone is 2. The Balaban J connectivity index is 2.38. The van der Waals surface area contributed by atoms with E-state index in [0.29, 0.717) is 11.7 Å². The second-order valence-corrected chi connectivity index (χ2v) is 4.42. The van der Waals surface area contributed by atoms with E-state index < -0.39 is 0 Å². The van der Waals surface area contributed by atoms with Gasteiger partial charge in [0.2, 0.25) is 0 Å². The van der Waals surface area contributed by atoms with E-state index in [-0.39, 0.29) is 0 Å². The Morgan fingerprint density at radius 2 is 2.12 bits per heavy atom. The number of benzene rings is 1. The summed E-state index contributed by atoms with van der Waals surface area (Å²) in [5.74, 6) is 0.644. The summed E-state index contributed by atoms with van der Waals surface area (Å²) in [5.41, 5.74) is 6.35. The highest BCUT2D eigenvalue weighted by atomic mass is 16.3. The first-order valence-corrected chi connectivity index (χ1v) is 5.61. The van der Waals surface area contributed by atoms with Gasteiger partial charge in [0.25, 0.3) is 0 Å². The van der Waals surface area contributed by atoms with E-state index in [4.69, 9.17) is 0 Å². The number of rotatable bonds is 2. The zero-order valence-electron chi connectivity index (χ0n) is 10.1. The van der Waals surface area contributed by atoms with Gasteiger partial charge < -0.3 is 5.11 Å². The van der Waals surface area contributed by atoms with E-state index >= 15 is 0 Å². The van der Waals surface area contributed by atoms with Gasteiger partial charge >= 0.3 is 0 Å². The highest BCUT2D eigenvalue weighted by Gasteiger charge is 2.09. The van der Waals surface area contributed by atoms with Crippen LogP contribution in [0.15, 0.2) is 41.7 Å². The Morgan fingerprint density at radius 1 is 1.35 bits per heavy atom. The number of phenolic OH excluding ortho intramolecular Hbond substituents is 1. The Labute approximate surface area is 101 Å². The van der Waals surface area contributed by atoms with Crippen LogP contribution in [0.5, 0.6) is 5.75 Å². The van der Waals surface area contributed by atoms with Gasteiger partial charge in [0.1, 0.15) is 5.75 Å². The molecule has 0 saturated heterocycles. The topological polar surface area (TPSA) is 44.6 Å². The molecule has 1 aliphatic rings. The Kier molecular flexibility index (Phi) is 3.00. The summed E-state index contributed by atoms with van der Waals surface area (Å²) in [4.78, 5) is 0. The van der Waals surface area contributed by atoms with Crippen LogP contribution in [0.2, 0.25) is 0 Å². The van der Waals surface area contributed by atoms with Crippen LogP contribution >= 0.6 is 0 Å². The molecule has 0 aliphatic carbocycles. The Bertz CT molecular complexity index is 513. The van der Waals surface area contributed by atoms with Gasteiger partial charge in [0.15, 0.2) is 0 Å². The van der Waals surface area contributed by atoms with Crippen LogP contribution in [0, 0.1) is 0 Å². The fourth-order valence-electron chi connectivity index (χ4n) is 1.81. The molecule has 2 N–H and O–H groups in total. The molecule has 17 heavy (non-hydrogen) atoms. The second kappa shape index (κ2) is 4.45. The lowest BCUT2D eigenvalue weighted by atomic mass is 9.97. The van der Waals surface area contributed by atoms with Gasteiger partial charge in [-0.25, -0.2) is 0 Å². The summed E-state index contributed by atoms with van der Waals surface area (Å²) in [6.45, 7) is 7.91. The van der Waals surface area contributed by atoms with Crippen LogP contribution in [0.4, 0.5) is 0 Å². The van der Waals surface area contributed by atoms with Gasteiger partial charge in [-0.2, -0.15) is 5.10 Å². The minimum atomic E-state index is 0.315. The standard InChI is InChI=1S/C14H16N2O/c1-9(2)13-5-4-11(7-14(13)17)12-6-10(3)16-15-8-12/h4-9,16-17H,3H2,1-2H3. The molecule has 2 rings (SSSR count). The zero-order valence-corrected chi connectivity index (χ0v) is 10.1. The number of hydrogen-bond acceptors (Lipinski definition) is 3.